The number of nitriles is 1. The minimum atomic E-state index is -5.09. The average Bonchev–Trinajstić information content (AvgIpc) is 3.37. The Morgan fingerprint density at radius 2 is 1.52 bits per heavy atom. The van der Waals surface area contributed by atoms with E-state index in [1.807, 2.05) is 0 Å². The maximum absolute atomic E-state index is 14.1. The van der Waals surface area contributed by atoms with Crippen LogP contribution in [0.5, 0.6) is 0 Å². The fourth-order valence-corrected chi connectivity index (χ4v) is 7.27. The summed E-state index contributed by atoms with van der Waals surface area (Å²) < 4.78 is 101. The Hall–Kier alpha value is -4.16. The number of alkyl halides is 6. The van der Waals surface area contributed by atoms with Gasteiger partial charge in [-0.1, -0.05) is 6.07 Å². The molecule has 0 unspecified atom stereocenters. The molecule has 1 saturated heterocycles. The molecule has 3 aromatic rings. The van der Waals surface area contributed by atoms with Crippen molar-refractivity contribution < 1.29 is 45.1 Å². The fraction of sp³-hybridized carbons (Fsp3) is 0.486. The second-order valence-corrected chi connectivity index (χ2v) is 15.6. The summed E-state index contributed by atoms with van der Waals surface area (Å²) in [5, 5.41) is 16.1. The van der Waals surface area contributed by atoms with Crippen LogP contribution in [0.1, 0.15) is 80.2 Å². The molecule has 0 radical (unpaired) electrons. The number of hydrogen-bond acceptors (Lipinski definition) is 7. The number of amides is 1. The summed E-state index contributed by atoms with van der Waals surface area (Å²) >= 11 is 1.28. The summed E-state index contributed by atoms with van der Waals surface area (Å²) in [6.07, 6.45) is -9.12. The van der Waals surface area contributed by atoms with Crippen LogP contribution in [0, 0.1) is 30.0 Å². The van der Waals surface area contributed by atoms with Crippen LogP contribution in [-0.2, 0) is 33.8 Å². The molecule has 1 aliphatic heterocycles. The molecule has 0 bridgehead atoms. The zero-order valence-corrected chi connectivity index (χ0v) is 30.5. The van der Waals surface area contributed by atoms with Crippen molar-refractivity contribution in [3.63, 3.8) is 0 Å². The van der Waals surface area contributed by atoms with Crippen LogP contribution in [0.4, 0.5) is 41.2 Å². The van der Waals surface area contributed by atoms with Crippen molar-refractivity contribution >= 4 is 28.9 Å². The third-order valence-corrected chi connectivity index (χ3v) is 10.2. The predicted molar refractivity (Wildman–Crippen MR) is 184 cm³/mol. The summed E-state index contributed by atoms with van der Waals surface area (Å²) in [7, 11) is 0. The number of ether oxygens (including phenoxy) is 1. The van der Waals surface area contributed by atoms with Crippen molar-refractivity contribution in [2.45, 2.75) is 84.3 Å². The maximum Gasteiger partial charge on any atom is 0.416 e. The molecular weight excluding hydrogens is 713 g/mol. The minimum Gasteiger partial charge on any atom is -0.444 e. The summed E-state index contributed by atoms with van der Waals surface area (Å²) in [6.45, 7) is 11.2. The molecule has 282 valence electrons. The van der Waals surface area contributed by atoms with E-state index in [2.05, 4.69) is 21.6 Å². The number of carbonyl (C=O) groups excluding carboxylic acids is 2. The van der Waals surface area contributed by atoms with E-state index in [1.165, 1.54) is 37.3 Å². The summed E-state index contributed by atoms with van der Waals surface area (Å²) in [4.78, 5) is 29.1. The lowest BCUT2D eigenvalue weighted by molar-refractivity contribution is -0.143. The first kappa shape index (κ1) is 40.6. The molecule has 1 aliphatic rings. The van der Waals surface area contributed by atoms with Crippen molar-refractivity contribution in [3.05, 3.63) is 74.9 Å². The van der Waals surface area contributed by atoms with Gasteiger partial charge >= 0.3 is 18.4 Å². The van der Waals surface area contributed by atoms with Crippen molar-refractivity contribution in [2.24, 2.45) is 5.92 Å². The van der Waals surface area contributed by atoms with E-state index >= 15 is 0 Å². The Labute approximate surface area is 302 Å². The number of ketones is 1. The second kappa shape index (κ2) is 15.4. The molecule has 0 atom stereocenters. The third-order valence-electron chi connectivity index (χ3n) is 8.97. The van der Waals surface area contributed by atoms with Gasteiger partial charge in [-0.25, -0.2) is 9.18 Å². The smallest absolute Gasteiger partial charge is 0.416 e. The van der Waals surface area contributed by atoms with Crippen LogP contribution in [0.15, 0.2) is 36.4 Å². The Balaban J connectivity index is 1.58. The molecule has 2 heterocycles. The van der Waals surface area contributed by atoms with Crippen molar-refractivity contribution in [2.75, 3.05) is 31.5 Å². The number of halogens is 7. The van der Waals surface area contributed by atoms with Crippen LogP contribution in [0.3, 0.4) is 0 Å². The number of hydrogen-bond donors (Lipinski definition) is 2. The largest absolute Gasteiger partial charge is 0.444 e. The predicted octanol–water partition coefficient (Wildman–Crippen LogP) is 9.47. The van der Waals surface area contributed by atoms with Crippen LogP contribution in [0.2, 0.25) is 0 Å². The van der Waals surface area contributed by atoms with E-state index in [4.69, 9.17) is 4.74 Å². The van der Waals surface area contributed by atoms with Crippen LogP contribution < -0.4 is 10.6 Å². The fourth-order valence-electron chi connectivity index (χ4n) is 5.91. The number of nitrogens with one attached hydrogen (secondary N) is 2. The van der Waals surface area contributed by atoms with Crippen LogP contribution in [0.25, 0.3) is 10.4 Å². The van der Waals surface area contributed by atoms with E-state index in [0.717, 1.165) is 12.8 Å². The molecule has 2 N–H and O–H groups in total. The van der Waals surface area contributed by atoms with Gasteiger partial charge in [-0.05, 0) is 120 Å². The summed E-state index contributed by atoms with van der Waals surface area (Å²) in [6, 6.07) is 7.42. The highest BCUT2D eigenvalue weighted by atomic mass is 32.1. The molecule has 0 saturated carbocycles. The standard InChI is InChI=1S/C37H41F7N4O3S/c1-21-13-26(38)7-8-27(21)32-31(46-19-30(49)35(5,6)23-14-24(36(39,40)41)16-25(15-23)37(42,43)44)28(17-45)29(52-32)20-48-11-9-22(10-12-48)18-47-33(50)51-34(2,3)4/h7-8,13-16,22,46H,9-12,18-20H2,1-6H3,(H,47,50). The number of piperidine rings is 1. The van der Waals surface area contributed by atoms with E-state index in [1.54, 1.807) is 33.8 Å². The molecular formula is C37H41F7N4O3S. The summed E-state index contributed by atoms with van der Waals surface area (Å²) in [5.74, 6) is -0.982. The molecule has 0 spiro atoms. The topological polar surface area (TPSA) is 94.5 Å². The molecule has 2 aromatic carbocycles. The zero-order valence-electron chi connectivity index (χ0n) is 29.7. The molecule has 52 heavy (non-hydrogen) atoms. The SMILES string of the molecule is Cc1cc(F)ccc1-c1sc(CN2CCC(CNC(=O)OC(C)(C)C)CC2)c(C#N)c1NCC(=O)C(C)(C)c1cc(C(F)(F)F)cc(C(F)(F)F)c1. The number of Topliss-reactive ketones (excluding diaryl/α,β-unsaturated/α-hetero) is 1. The quantitative estimate of drug-likeness (QED) is 0.201. The maximum atomic E-state index is 14.1. The first-order chi connectivity index (χ1) is 24.0. The van der Waals surface area contributed by atoms with Gasteiger partial charge in [0.1, 0.15) is 17.5 Å². The molecule has 15 heteroatoms. The van der Waals surface area contributed by atoms with Gasteiger partial charge in [0.2, 0.25) is 0 Å². The normalized spacial score (nSPS) is 14.9. The van der Waals surface area contributed by atoms with Gasteiger partial charge in [-0.2, -0.15) is 31.6 Å². The van der Waals surface area contributed by atoms with Gasteiger partial charge in [0, 0.05) is 18.0 Å². The van der Waals surface area contributed by atoms with Crippen LogP contribution in [-0.4, -0.2) is 48.6 Å². The number of benzene rings is 2. The molecule has 1 amide bonds. The molecule has 4 rings (SSSR count). The highest BCUT2D eigenvalue weighted by Gasteiger charge is 2.40. The second-order valence-electron chi connectivity index (χ2n) is 14.5. The lowest BCUT2D eigenvalue weighted by Crippen LogP contribution is -2.40. The van der Waals surface area contributed by atoms with Gasteiger partial charge in [0.15, 0.2) is 5.78 Å². The first-order valence-electron chi connectivity index (χ1n) is 16.6. The number of alkyl carbamates (subject to hydrolysis) is 1. The highest BCUT2D eigenvalue weighted by Crippen LogP contribution is 2.44. The van der Waals surface area contributed by atoms with Gasteiger partial charge in [0.05, 0.1) is 39.2 Å². The van der Waals surface area contributed by atoms with Gasteiger partial charge in [0.25, 0.3) is 0 Å². The number of nitrogens with zero attached hydrogens (tertiary/aromatic N) is 2. The van der Waals surface area contributed by atoms with E-state index in [-0.39, 0.29) is 23.2 Å². The Morgan fingerprint density at radius 1 is 0.942 bits per heavy atom. The molecule has 1 fully saturated rings. The molecule has 0 aliphatic carbocycles. The average molecular weight is 755 g/mol. The number of thiophene rings is 1. The van der Waals surface area contributed by atoms with Crippen molar-refractivity contribution in [1.29, 1.82) is 5.26 Å². The Morgan fingerprint density at radius 3 is 2.04 bits per heavy atom. The minimum absolute atomic E-state index is 0.00907. The number of likely N-dealkylation sites (tertiary alicyclic amines) is 1. The monoisotopic (exact) mass is 754 g/mol. The molecule has 7 nitrogen and oxygen atoms in total. The lowest BCUT2D eigenvalue weighted by Gasteiger charge is -2.32. The van der Waals surface area contributed by atoms with E-state index in [0.29, 0.717) is 59.2 Å². The van der Waals surface area contributed by atoms with E-state index in [9.17, 15) is 45.6 Å². The van der Waals surface area contributed by atoms with Gasteiger partial charge in [-0.15, -0.1) is 11.3 Å². The third kappa shape index (κ3) is 10.0. The van der Waals surface area contributed by atoms with Gasteiger partial charge in [-0.3, -0.25) is 9.69 Å². The Bertz CT molecular complexity index is 1800. The number of rotatable bonds is 10. The van der Waals surface area contributed by atoms with E-state index < -0.39 is 64.3 Å². The number of anilines is 1. The summed E-state index contributed by atoms with van der Waals surface area (Å²) in [5.41, 5.74) is -4.31. The first-order valence-corrected chi connectivity index (χ1v) is 17.4. The number of aryl methyl sites for hydroxylation is 1. The van der Waals surface area contributed by atoms with Gasteiger partial charge < -0.3 is 15.4 Å². The van der Waals surface area contributed by atoms with Crippen molar-refractivity contribution in [1.82, 2.24) is 10.2 Å². The zero-order chi connectivity index (χ0) is 38.8. The number of carbonyl (C=O) groups is 2. The highest BCUT2D eigenvalue weighted by molar-refractivity contribution is 7.16. The van der Waals surface area contributed by atoms with Crippen molar-refractivity contribution in [3.8, 4) is 16.5 Å². The Kier molecular flexibility index (Phi) is 12.1. The lowest BCUT2D eigenvalue weighted by atomic mass is 9.79. The van der Waals surface area contributed by atoms with Crippen LogP contribution >= 0.6 is 11.3 Å². The molecule has 1 aromatic heterocycles.